The first-order valence-electron chi connectivity index (χ1n) is 5.51. The topological polar surface area (TPSA) is 96.7 Å². The van der Waals surface area contributed by atoms with E-state index in [0.717, 1.165) is 6.42 Å². The molecule has 90 valence electrons. The molecule has 0 saturated heterocycles. The van der Waals surface area contributed by atoms with E-state index in [1.54, 1.807) is 0 Å². The molecule has 4 N–H and O–H groups in total. The molecule has 1 unspecified atom stereocenters. The molecular formula is C10H19N5O. The molecule has 1 heterocycles. The quantitative estimate of drug-likeness (QED) is 0.675. The largest absolute Gasteiger partial charge is 0.345 e. The molecule has 6 heteroatoms. The maximum atomic E-state index is 11.7. The summed E-state index contributed by atoms with van der Waals surface area (Å²) in [5.41, 5.74) is 5.50. The number of H-pyrrole nitrogens is 1. The molecule has 1 amide bonds. The molecule has 1 atom stereocenters. The number of nitrogens with zero attached hydrogens (tertiary/aromatic N) is 2. The smallest absolute Gasteiger partial charge is 0.291 e. The normalized spacial score (nSPS) is 12.8. The molecule has 0 spiro atoms. The highest BCUT2D eigenvalue weighted by molar-refractivity contribution is 5.90. The minimum Gasteiger partial charge on any atom is -0.345 e. The first kappa shape index (κ1) is 12.6. The van der Waals surface area contributed by atoms with E-state index in [-0.39, 0.29) is 23.7 Å². The van der Waals surface area contributed by atoms with Crippen LogP contribution in [0.25, 0.3) is 0 Å². The molecule has 6 nitrogen and oxygen atoms in total. The van der Waals surface area contributed by atoms with E-state index >= 15 is 0 Å². The average Bonchev–Trinajstić information content (AvgIpc) is 2.74. The van der Waals surface area contributed by atoms with E-state index in [1.807, 2.05) is 20.8 Å². The van der Waals surface area contributed by atoms with E-state index in [1.165, 1.54) is 0 Å². The number of aromatic nitrogens is 3. The fourth-order valence-electron chi connectivity index (χ4n) is 1.21. The second-order valence-electron chi connectivity index (χ2n) is 4.01. The number of amides is 1. The Balaban J connectivity index is 2.65. The Hall–Kier alpha value is -1.43. The van der Waals surface area contributed by atoms with Crippen molar-refractivity contribution >= 4 is 5.91 Å². The van der Waals surface area contributed by atoms with Crippen molar-refractivity contribution < 1.29 is 4.79 Å². The Kier molecular flexibility index (Phi) is 4.42. The van der Waals surface area contributed by atoms with Gasteiger partial charge in [-0.25, -0.2) is 4.98 Å². The predicted octanol–water partition coefficient (Wildman–Crippen LogP) is 0.395. The van der Waals surface area contributed by atoms with Crippen LogP contribution in [0.3, 0.4) is 0 Å². The van der Waals surface area contributed by atoms with E-state index in [4.69, 9.17) is 5.73 Å². The summed E-state index contributed by atoms with van der Waals surface area (Å²) in [5.74, 6) is 0.840. The molecule has 0 aromatic carbocycles. The third-order valence-electron chi connectivity index (χ3n) is 2.37. The number of carbonyl (C=O) groups excluding carboxylic acids is 1. The highest BCUT2D eigenvalue weighted by Crippen LogP contribution is 2.07. The molecule has 0 aliphatic heterocycles. The average molecular weight is 225 g/mol. The molecule has 0 fully saturated rings. The van der Waals surface area contributed by atoms with Crippen molar-refractivity contribution in [1.29, 1.82) is 0 Å². The van der Waals surface area contributed by atoms with E-state index in [2.05, 4.69) is 20.5 Å². The molecule has 0 aliphatic rings. The maximum absolute atomic E-state index is 11.7. The van der Waals surface area contributed by atoms with Gasteiger partial charge >= 0.3 is 0 Å². The van der Waals surface area contributed by atoms with Gasteiger partial charge in [0.1, 0.15) is 5.82 Å². The summed E-state index contributed by atoms with van der Waals surface area (Å²) in [6, 6.07) is -0.0199. The van der Waals surface area contributed by atoms with Gasteiger partial charge in [0.2, 0.25) is 5.82 Å². The van der Waals surface area contributed by atoms with Crippen LogP contribution in [0.5, 0.6) is 0 Å². The van der Waals surface area contributed by atoms with Crippen molar-refractivity contribution in [2.45, 2.75) is 39.2 Å². The first-order valence-corrected chi connectivity index (χ1v) is 5.51. The van der Waals surface area contributed by atoms with Crippen molar-refractivity contribution in [2.24, 2.45) is 5.73 Å². The zero-order valence-electron chi connectivity index (χ0n) is 9.95. The van der Waals surface area contributed by atoms with Crippen LogP contribution in [0, 0.1) is 0 Å². The lowest BCUT2D eigenvalue weighted by Crippen LogP contribution is -2.40. The minimum atomic E-state index is -0.277. The Morgan fingerprint density at radius 1 is 1.56 bits per heavy atom. The second-order valence-corrected chi connectivity index (χ2v) is 4.01. The van der Waals surface area contributed by atoms with Crippen LogP contribution < -0.4 is 11.1 Å². The molecule has 0 radical (unpaired) electrons. The van der Waals surface area contributed by atoms with Crippen LogP contribution in [0.15, 0.2) is 0 Å². The van der Waals surface area contributed by atoms with Crippen LogP contribution in [-0.2, 0) is 0 Å². The summed E-state index contributed by atoms with van der Waals surface area (Å²) in [6.07, 6.45) is 0.795. The van der Waals surface area contributed by atoms with Crippen LogP contribution in [-0.4, -0.2) is 33.7 Å². The van der Waals surface area contributed by atoms with Gasteiger partial charge in [0.05, 0.1) is 0 Å². The number of rotatable bonds is 5. The first-order chi connectivity index (χ1) is 7.58. The van der Waals surface area contributed by atoms with Gasteiger partial charge in [0.25, 0.3) is 5.91 Å². The van der Waals surface area contributed by atoms with Crippen LogP contribution in [0.4, 0.5) is 0 Å². The van der Waals surface area contributed by atoms with Gasteiger partial charge in [-0.3, -0.25) is 9.89 Å². The van der Waals surface area contributed by atoms with Gasteiger partial charge in [-0.05, 0) is 6.42 Å². The lowest BCUT2D eigenvalue weighted by atomic mass is 10.2. The Bertz CT molecular complexity index is 343. The van der Waals surface area contributed by atoms with Crippen LogP contribution in [0.1, 0.15) is 49.6 Å². The molecule has 1 aromatic rings. The van der Waals surface area contributed by atoms with Gasteiger partial charge < -0.3 is 11.1 Å². The predicted molar refractivity (Wildman–Crippen MR) is 61.1 cm³/mol. The van der Waals surface area contributed by atoms with Crippen molar-refractivity contribution in [1.82, 2.24) is 20.5 Å². The summed E-state index contributed by atoms with van der Waals surface area (Å²) in [7, 11) is 0. The van der Waals surface area contributed by atoms with Crippen molar-refractivity contribution in [3.8, 4) is 0 Å². The van der Waals surface area contributed by atoms with Crippen molar-refractivity contribution in [3.05, 3.63) is 11.6 Å². The fraction of sp³-hybridized carbons (Fsp3) is 0.700. The summed E-state index contributed by atoms with van der Waals surface area (Å²) in [5, 5.41) is 9.39. The molecular weight excluding hydrogens is 206 g/mol. The van der Waals surface area contributed by atoms with E-state index in [0.29, 0.717) is 12.4 Å². The Morgan fingerprint density at radius 3 is 2.69 bits per heavy atom. The summed E-state index contributed by atoms with van der Waals surface area (Å²) < 4.78 is 0. The van der Waals surface area contributed by atoms with Gasteiger partial charge in [0.15, 0.2) is 0 Å². The third kappa shape index (κ3) is 3.03. The number of nitrogens with one attached hydrogen (secondary N) is 2. The lowest BCUT2D eigenvalue weighted by molar-refractivity contribution is 0.0927. The van der Waals surface area contributed by atoms with Gasteiger partial charge in [-0.2, -0.15) is 0 Å². The second kappa shape index (κ2) is 5.60. The number of hydrogen-bond acceptors (Lipinski definition) is 4. The Labute approximate surface area is 95.0 Å². The molecule has 1 rings (SSSR count). The molecule has 0 aliphatic carbocycles. The monoisotopic (exact) mass is 225 g/mol. The standard InChI is InChI=1S/C10H19N5O/c1-4-7(5-11)12-10(16)9-13-8(6(2)3)14-15-9/h6-7H,4-5,11H2,1-3H3,(H,12,16)(H,13,14,15). The molecule has 16 heavy (non-hydrogen) atoms. The number of nitrogens with two attached hydrogens (primary N) is 1. The highest BCUT2D eigenvalue weighted by Gasteiger charge is 2.16. The van der Waals surface area contributed by atoms with Crippen LogP contribution in [0.2, 0.25) is 0 Å². The van der Waals surface area contributed by atoms with Gasteiger partial charge in [0, 0.05) is 18.5 Å². The minimum absolute atomic E-state index is 0.0199. The number of aromatic amines is 1. The SMILES string of the molecule is CCC(CN)NC(=O)c1n[nH]c(C(C)C)n1. The van der Waals surface area contributed by atoms with E-state index < -0.39 is 0 Å². The molecule has 1 aromatic heterocycles. The van der Waals surface area contributed by atoms with Crippen LogP contribution >= 0.6 is 0 Å². The van der Waals surface area contributed by atoms with Gasteiger partial charge in [-0.15, -0.1) is 5.10 Å². The summed E-state index contributed by atoms with van der Waals surface area (Å²) in [4.78, 5) is 15.8. The maximum Gasteiger partial charge on any atom is 0.291 e. The Morgan fingerprint density at radius 2 is 2.25 bits per heavy atom. The zero-order valence-corrected chi connectivity index (χ0v) is 9.95. The van der Waals surface area contributed by atoms with Crippen molar-refractivity contribution in [3.63, 3.8) is 0 Å². The molecule has 0 saturated carbocycles. The van der Waals surface area contributed by atoms with Crippen molar-refractivity contribution in [2.75, 3.05) is 6.54 Å². The third-order valence-corrected chi connectivity index (χ3v) is 2.37. The summed E-state index contributed by atoms with van der Waals surface area (Å²) >= 11 is 0. The highest BCUT2D eigenvalue weighted by atomic mass is 16.2. The zero-order chi connectivity index (χ0) is 12.1. The number of carbonyl (C=O) groups is 1. The lowest BCUT2D eigenvalue weighted by Gasteiger charge is -2.12. The summed E-state index contributed by atoms with van der Waals surface area (Å²) in [6.45, 7) is 6.35. The fourth-order valence-corrected chi connectivity index (χ4v) is 1.21. The molecule has 0 bridgehead atoms. The van der Waals surface area contributed by atoms with E-state index in [9.17, 15) is 4.79 Å². The van der Waals surface area contributed by atoms with Gasteiger partial charge in [-0.1, -0.05) is 20.8 Å². The number of hydrogen-bond donors (Lipinski definition) is 3.